The van der Waals surface area contributed by atoms with Gasteiger partial charge >= 0.3 is 0 Å². The maximum Gasteiger partial charge on any atom is 0.230 e. The van der Waals surface area contributed by atoms with Crippen molar-refractivity contribution in [1.29, 1.82) is 0 Å². The number of hydrogen-bond donors (Lipinski definition) is 0. The number of aromatic nitrogens is 3. The summed E-state index contributed by atoms with van der Waals surface area (Å²) in [6.45, 7) is 0. The van der Waals surface area contributed by atoms with Crippen molar-refractivity contribution in [2.75, 3.05) is 0 Å². The first-order chi connectivity index (χ1) is 12.2. The van der Waals surface area contributed by atoms with Crippen molar-refractivity contribution in [3.63, 3.8) is 0 Å². The van der Waals surface area contributed by atoms with Crippen molar-refractivity contribution in [2.45, 2.75) is 0 Å². The molecule has 0 saturated heterocycles. The summed E-state index contributed by atoms with van der Waals surface area (Å²) in [6.07, 6.45) is 3.36. The molecule has 0 saturated carbocycles. The quantitative estimate of drug-likeness (QED) is 0.504. The Morgan fingerprint density at radius 3 is 2.64 bits per heavy atom. The standard InChI is InChI=1S/C19H11ClFN3O/c20-15-10-13(21)7-8-17(15)25-19-14-5-1-2-6-16(14)23-18(24-19)12-4-3-9-22-11-12/h1-11H. The number of hydrogen-bond acceptors (Lipinski definition) is 4. The van der Waals surface area contributed by atoms with E-state index in [1.165, 1.54) is 18.2 Å². The van der Waals surface area contributed by atoms with Crippen LogP contribution in [0.2, 0.25) is 5.02 Å². The van der Waals surface area contributed by atoms with E-state index in [1.54, 1.807) is 12.4 Å². The first-order valence-corrected chi connectivity index (χ1v) is 7.88. The molecule has 4 rings (SSSR count). The third kappa shape index (κ3) is 3.14. The van der Waals surface area contributed by atoms with Crippen molar-refractivity contribution in [3.8, 4) is 23.0 Å². The molecule has 2 heterocycles. The third-order valence-electron chi connectivity index (χ3n) is 3.59. The highest BCUT2D eigenvalue weighted by molar-refractivity contribution is 6.32. The molecule has 0 aliphatic rings. The van der Waals surface area contributed by atoms with Crippen LogP contribution in [0.3, 0.4) is 0 Å². The highest BCUT2D eigenvalue weighted by Gasteiger charge is 2.13. The molecule has 0 aliphatic carbocycles. The minimum absolute atomic E-state index is 0.172. The number of fused-ring (bicyclic) bond motifs is 1. The zero-order chi connectivity index (χ0) is 17.2. The van der Waals surface area contributed by atoms with Gasteiger partial charge in [0.15, 0.2) is 5.82 Å². The highest BCUT2D eigenvalue weighted by Crippen LogP contribution is 2.33. The van der Waals surface area contributed by atoms with Crippen LogP contribution in [0.4, 0.5) is 4.39 Å². The Hall–Kier alpha value is -3.05. The lowest BCUT2D eigenvalue weighted by molar-refractivity contribution is 0.467. The predicted octanol–water partition coefficient (Wildman–Crippen LogP) is 5.28. The summed E-state index contributed by atoms with van der Waals surface area (Å²) in [5.41, 5.74) is 1.49. The third-order valence-corrected chi connectivity index (χ3v) is 3.88. The number of pyridine rings is 1. The molecule has 0 atom stereocenters. The summed E-state index contributed by atoms with van der Waals surface area (Å²) in [5.74, 6) is 0.725. The molecule has 0 bridgehead atoms. The van der Waals surface area contributed by atoms with Crippen LogP contribution in [-0.2, 0) is 0 Å². The summed E-state index contributed by atoms with van der Waals surface area (Å²) >= 11 is 6.07. The largest absolute Gasteiger partial charge is 0.437 e. The minimum Gasteiger partial charge on any atom is -0.437 e. The van der Waals surface area contributed by atoms with Crippen molar-refractivity contribution in [3.05, 3.63) is 77.8 Å². The first-order valence-electron chi connectivity index (χ1n) is 7.51. The number of rotatable bonds is 3. The number of para-hydroxylation sites is 1. The van der Waals surface area contributed by atoms with Gasteiger partial charge in [0, 0.05) is 18.0 Å². The van der Waals surface area contributed by atoms with Gasteiger partial charge in [0.1, 0.15) is 11.6 Å². The summed E-state index contributed by atoms with van der Waals surface area (Å²) in [6, 6.07) is 15.1. The molecule has 2 aromatic heterocycles. The van der Waals surface area contributed by atoms with Crippen molar-refractivity contribution >= 4 is 22.5 Å². The van der Waals surface area contributed by atoms with E-state index in [0.717, 1.165) is 16.5 Å². The summed E-state index contributed by atoms with van der Waals surface area (Å²) in [5, 5.41) is 0.904. The zero-order valence-corrected chi connectivity index (χ0v) is 13.6. The molecule has 0 amide bonds. The van der Waals surface area contributed by atoms with Gasteiger partial charge in [0.25, 0.3) is 0 Å². The van der Waals surface area contributed by atoms with Crippen molar-refractivity contribution < 1.29 is 9.13 Å². The topological polar surface area (TPSA) is 47.9 Å². The molecule has 0 radical (unpaired) electrons. The van der Waals surface area contributed by atoms with Gasteiger partial charge in [-0.2, -0.15) is 4.98 Å². The maximum atomic E-state index is 13.3. The average molecular weight is 352 g/mol. The minimum atomic E-state index is -0.430. The van der Waals surface area contributed by atoms with E-state index in [-0.39, 0.29) is 5.02 Å². The molecule has 0 N–H and O–H groups in total. The second-order valence-corrected chi connectivity index (χ2v) is 5.70. The van der Waals surface area contributed by atoms with Crippen LogP contribution in [0.5, 0.6) is 11.6 Å². The molecular weight excluding hydrogens is 341 g/mol. The Morgan fingerprint density at radius 2 is 1.84 bits per heavy atom. The monoisotopic (exact) mass is 351 g/mol. The molecule has 0 fully saturated rings. The van der Waals surface area contributed by atoms with Gasteiger partial charge in [-0.3, -0.25) is 4.98 Å². The molecule has 4 aromatic rings. The smallest absolute Gasteiger partial charge is 0.230 e. The Kier molecular flexibility index (Phi) is 3.99. The SMILES string of the molecule is Fc1ccc(Oc2nc(-c3cccnc3)nc3ccccc23)c(Cl)c1. The van der Waals surface area contributed by atoms with Gasteiger partial charge in [-0.25, -0.2) is 9.37 Å². The fraction of sp³-hybridized carbons (Fsp3) is 0. The summed E-state index contributed by atoms with van der Waals surface area (Å²) in [7, 11) is 0. The molecule has 4 nitrogen and oxygen atoms in total. The molecule has 6 heteroatoms. The zero-order valence-electron chi connectivity index (χ0n) is 12.9. The van der Waals surface area contributed by atoms with Crippen LogP contribution in [0, 0.1) is 5.82 Å². The molecule has 0 aliphatic heterocycles. The second kappa shape index (κ2) is 6.45. The van der Waals surface area contributed by atoms with Gasteiger partial charge in [-0.15, -0.1) is 0 Å². The van der Waals surface area contributed by atoms with Crippen LogP contribution in [-0.4, -0.2) is 15.0 Å². The van der Waals surface area contributed by atoms with Crippen LogP contribution < -0.4 is 4.74 Å². The lowest BCUT2D eigenvalue weighted by Crippen LogP contribution is -1.96. The lowest BCUT2D eigenvalue weighted by atomic mass is 10.2. The number of halogens is 2. The first kappa shape index (κ1) is 15.5. The normalized spacial score (nSPS) is 10.8. The average Bonchev–Trinajstić information content (AvgIpc) is 2.64. The molecule has 2 aromatic carbocycles. The molecule has 0 spiro atoms. The fourth-order valence-corrected chi connectivity index (χ4v) is 2.62. The van der Waals surface area contributed by atoms with E-state index in [4.69, 9.17) is 16.3 Å². The Labute approximate surface area is 147 Å². The number of benzene rings is 2. The molecule has 0 unspecified atom stereocenters. The number of nitrogens with zero attached hydrogens (tertiary/aromatic N) is 3. The summed E-state index contributed by atoms with van der Waals surface area (Å²) < 4.78 is 19.1. The van der Waals surface area contributed by atoms with E-state index in [9.17, 15) is 4.39 Å². The van der Waals surface area contributed by atoms with Crippen molar-refractivity contribution in [1.82, 2.24) is 15.0 Å². The maximum absolute atomic E-state index is 13.3. The van der Waals surface area contributed by atoms with E-state index in [0.29, 0.717) is 17.5 Å². The van der Waals surface area contributed by atoms with Gasteiger partial charge < -0.3 is 4.74 Å². The Bertz CT molecular complexity index is 1060. The highest BCUT2D eigenvalue weighted by atomic mass is 35.5. The molecular formula is C19H11ClFN3O. The Morgan fingerprint density at radius 1 is 0.960 bits per heavy atom. The van der Waals surface area contributed by atoms with Gasteiger partial charge in [-0.1, -0.05) is 23.7 Å². The predicted molar refractivity (Wildman–Crippen MR) is 94.3 cm³/mol. The van der Waals surface area contributed by atoms with E-state index < -0.39 is 5.82 Å². The Balaban J connectivity index is 1.86. The van der Waals surface area contributed by atoms with Crippen LogP contribution in [0.15, 0.2) is 67.0 Å². The van der Waals surface area contributed by atoms with Gasteiger partial charge in [0.05, 0.1) is 15.9 Å². The van der Waals surface area contributed by atoms with Crippen molar-refractivity contribution in [2.24, 2.45) is 0 Å². The second-order valence-electron chi connectivity index (χ2n) is 5.29. The summed E-state index contributed by atoms with van der Waals surface area (Å²) in [4.78, 5) is 13.2. The van der Waals surface area contributed by atoms with Crippen LogP contribution in [0.1, 0.15) is 0 Å². The van der Waals surface area contributed by atoms with Gasteiger partial charge in [-0.05, 0) is 42.5 Å². The van der Waals surface area contributed by atoms with Crippen LogP contribution >= 0.6 is 11.6 Å². The fourth-order valence-electron chi connectivity index (χ4n) is 2.41. The molecule has 25 heavy (non-hydrogen) atoms. The van der Waals surface area contributed by atoms with E-state index in [1.807, 2.05) is 36.4 Å². The van der Waals surface area contributed by atoms with E-state index >= 15 is 0 Å². The number of ether oxygens (including phenoxy) is 1. The van der Waals surface area contributed by atoms with Crippen LogP contribution in [0.25, 0.3) is 22.3 Å². The lowest BCUT2D eigenvalue weighted by Gasteiger charge is -2.11. The van der Waals surface area contributed by atoms with E-state index in [2.05, 4.69) is 15.0 Å². The molecule has 122 valence electrons. The van der Waals surface area contributed by atoms with Gasteiger partial charge in [0.2, 0.25) is 5.88 Å².